The summed E-state index contributed by atoms with van der Waals surface area (Å²) in [4.78, 5) is 12.1. The molecular formula is C18H19ClN2O5. The van der Waals surface area contributed by atoms with Crippen LogP contribution in [0.4, 0.5) is 11.4 Å². The molecule has 0 unspecified atom stereocenters. The number of hydrogen-bond donors (Lipinski definition) is 2. The maximum Gasteiger partial charge on any atom is 0.231 e. The van der Waals surface area contributed by atoms with Crippen LogP contribution in [0.1, 0.15) is 6.42 Å². The molecule has 1 aliphatic heterocycles. The van der Waals surface area contributed by atoms with Crippen LogP contribution >= 0.6 is 11.6 Å². The molecule has 0 saturated heterocycles. The molecule has 0 aliphatic carbocycles. The van der Waals surface area contributed by atoms with Crippen LogP contribution in [0.5, 0.6) is 23.0 Å². The van der Waals surface area contributed by atoms with Gasteiger partial charge in [0.1, 0.15) is 11.5 Å². The average molecular weight is 379 g/mol. The highest BCUT2D eigenvalue weighted by atomic mass is 35.5. The van der Waals surface area contributed by atoms with Gasteiger partial charge in [0.15, 0.2) is 11.5 Å². The molecule has 1 aliphatic rings. The molecule has 0 aromatic heterocycles. The molecule has 138 valence electrons. The normalized spacial score (nSPS) is 11.8. The molecule has 1 amide bonds. The van der Waals surface area contributed by atoms with E-state index in [0.717, 1.165) is 0 Å². The summed E-state index contributed by atoms with van der Waals surface area (Å²) < 4.78 is 21.0. The molecule has 7 nitrogen and oxygen atoms in total. The summed E-state index contributed by atoms with van der Waals surface area (Å²) >= 11 is 6.08. The molecular weight excluding hydrogens is 360 g/mol. The average Bonchev–Trinajstić information content (AvgIpc) is 3.10. The summed E-state index contributed by atoms with van der Waals surface area (Å²) in [6.45, 7) is 0.612. The lowest BCUT2D eigenvalue weighted by molar-refractivity contribution is -0.115. The number of amides is 1. The van der Waals surface area contributed by atoms with E-state index in [1.165, 1.54) is 7.11 Å². The van der Waals surface area contributed by atoms with Crippen LogP contribution in [-0.2, 0) is 4.79 Å². The van der Waals surface area contributed by atoms with Crippen molar-refractivity contribution < 1.29 is 23.7 Å². The van der Waals surface area contributed by atoms with Crippen molar-refractivity contribution in [3.05, 3.63) is 35.4 Å². The van der Waals surface area contributed by atoms with Crippen molar-refractivity contribution in [1.29, 1.82) is 0 Å². The Hall–Kier alpha value is -2.80. The Labute approximate surface area is 156 Å². The van der Waals surface area contributed by atoms with Gasteiger partial charge in [0.2, 0.25) is 12.7 Å². The Morgan fingerprint density at radius 2 is 1.88 bits per heavy atom. The molecule has 2 aromatic carbocycles. The SMILES string of the molecule is COc1cc(NCCC(=O)Nc2ccc3c(c2)OCO3)c(OC)cc1Cl. The fourth-order valence-corrected chi connectivity index (χ4v) is 2.74. The highest BCUT2D eigenvalue weighted by Gasteiger charge is 2.14. The minimum atomic E-state index is -0.128. The predicted octanol–water partition coefficient (Wildman–Crippen LogP) is 3.53. The van der Waals surface area contributed by atoms with Gasteiger partial charge >= 0.3 is 0 Å². The minimum Gasteiger partial charge on any atom is -0.495 e. The zero-order valence-corrected chi connectivity index (χ0v) is 15.2. The van der Waals surface area contributed by atoms with Crippen molar-refractivity contribution in [3.8, 4) is 23.0 Å². The molecule has 1 heterocycles. The van der Waals surface area contributed by atoms with Gasteiger partial charge in [-0.15, -0.1) is 0 Å². The van der Waals surface area contributed by atoms with Crippen LogP contribution in [0.2, 0.25) is 5.02 Å². The number of benzene rings is 2. The standard InChI is InChI=1S/C18H19ClN2O5/c1-23-15-9-13(16(24-2)8-12(15)19)20-6-5-18(22)21-11-3-4-14-17(7-11)26-10-25-14/h3-4,7-9,20H,5-6,10H2,1-2H3,(H,21,22). The number of fused-ring (bicyclic) bond motifs is 1. The van der Waals surface area contributed by atoms with E-state index in [4.69, 9.17) is 30.5 Å². The Bertz CT molecular complexity index is 812. The Morgan fingerprint density at radius 3 is 2.65 bits per heavy atom. The highest BCUT2D eigenvalue weighted by Crippen LogP contribution is 2.36. The third-order valence-corrected chi connectivity index (χ3v) is 4.09. The monoisotopic (exact) mass is 378 g/mol. The van der Waals surface area contributed by atoms with E-state index in [1.807, 2.05) is 0 Å². The summed E-state index contributed by atoms with van der Waals surface area (Å²) in [6, 6.07) is 8.67. The first-order valence-corrected chi connectivity index (χ1v) is 8.33. The first-order valence-electron chi connectivity index (χ1n) is 7.95. The van der Waals surface area contributed by atoms with Gasteiger partial charge in [0, 0.05) is 36.9 Å². The fraction of sp³-hybridized carbons (Fsp3) is 0.278. The molecule has 0 fully saturated rings. The number of ether oxygens (including phenoxy) is 4. The lowest BCUT2D eigenvalue weighted by Crippen LogP contribution is -2.16. The van der Waals surface area contributed by atoms with Crippen LogP contribution in [0.3, 0.4) is 0 Å². The molecule has 26 heavy (non-hydrogen) atoms. The summed E-state index contributed by atoms with van der Waals surface area (Å²) in [5, 5.41) is 6.44. The molecule has 3 rings (SSSR count). The topological polar surface area (TPSA) is 78.1 Å². The van der Waals surface area contributed by atoms with Gasteiger partial charge in [-0.25, -0.2) is 0 Å². The quantitative estimate of drug-likeness (QED) is 0.767. The van der Waals surface area contributed by atoms with E-state index in [9.17, 15) is 4.79 Å². The van der Waals surface area contributed by atoms with Crippen LogP contribution in [-0.4, -0.2) is 33.5 Å². The van der Waals surface area contributed by atoms with Crippen LogP contribution in [0, 0.1) is 0 Å². The van der Waals surface area contributed by atoms with E-state index >= 15 is 0 Å². The van der Waals surface area contributed by atoms with Crippen molar-refractivity contribution in [2.75, 3.05) is 38.2 Å². The van der Waals surface area contributed by atoms with Gasteiger partial charge in [-0.2, -0.15) is 0 Å². The molecule has 0 atom stereocenters. The lowest BCUT2D eigenvalue weighted by Gasteiger charge is -2.14. The van der Waals surface area contributed by atoms with Crippen molar-refractivity contribution in [3.63, 3.8) is 0 Å². The van der Waals surface area contributed by atoms with Gasteiger partial charge < -0.3 is 29.6 Å². The van der Waals surface area contributed by atoms with Crippen molar-refractivity contribution in [1.82, 2.24) is 0 Å². The zero-order chi connectivity index (χ0) is 18.5. The van der Waals surface area contributed by atoms with Crippen molar-refractivity contribution in [2.45, 2.75) is 6.42 Å². The second kappa shape index (κ2) is 8.05. The third kappa shape index (κ3) is 4.05. The maximum atomic E-state index is 12.1. The number of carbonyl (C=O) groups excluding carboxylic acids is 1. The summed E-state index contributed by atoms with van der Waals surface area (Å²) in [6.07, 6.45) is 0.266. The number of hydrogen-bond acceptors (Lipinski definition) is 6. The Kier molecular flexibility index (Phi) is 5.58. The first kappa shape index (κ1) is 18.0. The lowest BCUT2D eigenvalue weighted by atomic mass is 10.2. The number of methoxy groups -OCH3 is 2. The fourth-order valence-electron chi connectivity index (χ4n) is 2.51. The third-order valence-electron chi connectivity index (χ3n) is 3.80. The summed E-state index contributed by atoms with van der Waals surface area (Å²) in [5.74, 6) is 2.27. The second-order valence-corrected chi connectivity index (χ2v) is 5.89. The smallest absolute Gasteiger partial charge is 0.231 e. The predicted molar refractivity (Wildman–Crippen MR) is 98.9 cm³/mol. The molecule has 2 aromatic rings. The number of anilines is 2. The molecule has 0 saturated carbocycles. The second-order valence-electron chi connectivity index (χ2n) is 5.48. The summed E-state index contributed by atoms with van der Waals surface area (Å²) in [7, 11) is 3.09. The van der Waals surface area contributed by atoms with Gasteiger partial charge in [-0.3, -0.25) is 4.79 Å². The van der Waals surface area contributed by atoms with E-state index in [2.05, 4.69) is 10.6 Å². The maximum absolute atomic E-state index is 12.1. The minimum absolute atomic E-state index is 0.128. The Morgan fingerprint density at radius 1 is 1.12 bits per heavy atom. The van der Waals surface area contributed by atoms with E-state index < -0.39 is 0 Å². The van der Waals surface area contributed by atoms with Gasteiger partial charge in [0.05, 0.1) is 24.9 Å². The molecule has 0 spiro atoms. The molecule has 0 radical (unpaired) electrons. The molecule has 0 bridgehead atoms. The number of nitrogens with one attached hydrogen (secondary N) is 2. The van der Waals surface area contributed by atoms with Crippen LogP contribution < -0.4 is 29.6 Å². The van der Waals surface area contributed by atoms with E-state index in [1.54, 1.807) is 37.4 Å². The van der Waals surface area contributed by atoms with Crippen LogP contribution in [0.15, 0.2) is 30.3 Å². The number of carbonyl (C=O) groups is 1. The number of rotatable bonds is 7. The summed E-state index contributed by atoms with van der Waals surface area (Å²) in [5.41, 5.74) is 1.36. The molecule has 2 N–H and O–H groups in total. The van der Waals surface area contributed by atoms with Gasteiger partial charge in [-0.1, -0.05) is 11.6 Å². The van der Waals surface area contributed by atoms with E-state index in [0.29, 0.717) is 45.9 Å². The first-order chi connectivity index (χ1) is 12.6. The number of halogens is 1. The van der Waals surface area contributed by atoms with Gasteiger partial charge in [0.25, 0.3) is 0 Å². The van der Waals surface area contributed by atoms with Gasteiger partial charge in [-0.05, 0) is 12.1 Å². The highest BCUT2D eigenvalue weighted by molar-refractivity contribution is 6.32. The largest absolute Gasteiger partial charge is 0.495 e. The van der Waals surface area contributed by atoms with Crippen molar-refractivity contribution >= 4 is 28.9 Å². The van der Waals surface area contributed by atoms with Crippen LogP contribution in [0.25, 0.3) is 0 Å². The van der Waals surface area contributed by atoms with E-state index in [-0.39, 0.29) is 19.1 Å². The van der Waals surface area contributed by atoms with Crippen molar-refractivity contribution in [2.24, 2.45) is 0 Å². The Balaban J connectivity index is 1.55. The molecule has 8 heteroatoms. The zero-order valence-electron chi connectivity index (χ0n) is 14.4.